The maximum atomic E-state index is 12.4. The first-order valence-corrected chi connectivity index (χ1v) is 9.54. The van der Waals surface area contributed by atoms with E-state index in [2.05, 4.69) is 15.1 Å². The molecule has 0 aliphatic rings. The summed E-state index contributed by atoms with van der Waals surface area (Å²) in [7, 11) is -3.64. The van der Waals surface area contributed by atoms with Gasteiger partial charge >= 0.3 is 0 Å². The molecule has 0 saturated carbocycles. The molecule has 0 fully saturated rings. The molecule has 1 heterocycles. The van der Waals surface area contributed by atoms with Crippen molar-refractivity contribution < 1.29 is 13.2 Å². The first kappa shape index (κ1) is 19.1. The summed E-state index contributed by atoms with van der Waals surface area (Å²) in [5.41, 5.74) is 1.91. The molecule has 8 heteroatoms. The van der Waals surface area contributed by atoms with Crippen LogP contribution >= 0.6 is 0 Å². The number of hydrogen-bond donors (Lipinski definition) is 2. The first-order valence-electron chi connectivity index (χ1n) is 8.06. The molecule has 0 radical (unpaired) electrons. The van der Waals surface area contributed by atoms with Crippen LogP contribution in [0.4, 0.5) is 5.69 Å². The standard InChI is InChI=1S/C17H24N4O3S/c1-11(2)20-25(23,24)16-10-15(7-6-12(16)3)19-17(22)14(5)21-13(4)8-9-18-21/h6-11,14,20H,1-5H3,(H,19,22)/t14-/m1/s1. The van der Waals surface area contributed by atoms with Crippen LogP contribution in [0.2, 0.25) is 0 Å². The summed E-state index contributed by atoms with van der Waals surface area (Å²) in [5.74, 6) is -0.268. The number of carbonyl (C=O) groups is 1. The molecule has 25 heavy (non-hydrogen) atoms. The van der Waals surface area contributed by atoms with Crippen molar-refractivity contribution in [3.05, 3.63) is 41.7 Å². The molecule has 0 spiro atoms. The lowest BCUT2D eigenvalue weighted by atomic mass is 10.2. The summed E-state index contributed by atoms with van der Waals surface area (Å²) < 4.78 is 29.0. The Morgan fingerprint density at radius 3 is 2.40 bits per heavy atom. The van der Waals surface area contributed by atoms with E-state index in [0.29, 0.717) is 11.3 Å². The van der Waals surface area contributed by atoms with Crippen LogP contribution in [0.3, 0.4) is 0 Å². The molecule has 2 N–H and O–H groups in total. The lowest BCUT2D eigenvalue weighted by Gasteiger charge is -2.16. The van der Waals surface area contributed by atoms with Crippen LogP contribution in [-0.2, 0) is 14.8 Å². The van der Waals surface area contributed by atoms with Crippen LogP contribution in [0.15, 0.2) is 35.4 Å². The van der Waals surface area contributed by atoms with Crippen LogP contribution in [0.5, 0.6) is 0 Å². The molecule has 0 aliphatic heterocycles. The molecule has 0 saturated heterocycles. The molecule has 1 aromatic heterocycles. The van der Waals surface area contributed by atoms with Gasteiger partial charge in [-0.1, -0.05) is 6.07 Å². The van der Waals surface area contributed by atoms with Crippen molar-refractivity contribution in [1.29, 1.82) is 0 Å². The number of amides is 1. The largest absolute Gasteiger partial charge is 0.324 e. The van der Waals surface area contributed by atoms with Crippen molar-refractivity contribution in [2.75, 3.05) is 5.32 Å². The Balaban J connectivity index is 2.25. The molecular formula is C17H24N4O3S. The maximum Gasteiger partial charge on any atom is 0.248 e. The lowest BCUT2D eigenvalue weighted by Crippen LogP contribution is -2.31. The van der Waals surface area contributed by atoms with Crippen molar-refractivity contribution in [2.24, 2.45) is 0 Å². The molecule has 0 aliphatic carbocycles. The fourth-order valence-corrected chi connectivity index (χ4v) is 4.01. The van der Waals surface area contributed by atoms with Crippen molar-refractivity contribution in [1.82, 2.24) is 14.5 Å². The Hall–Kier alpha value is -2.19. The molecule has 1 atom stereocenters. The van der Waals surface area contributed by atoms with Gasteiger partial charge in [0.2, 0.25) is 15.9 Å². The highest BCUT2D eigenvalue weighted by atomic mass is 32.2. The Labute approximate surface area is 148 Å². The Morgan fingerprint density at radius 1 is 1.16 bits per heavy atom. The Bertz CT molecular complexity index is 872. The highest BCUT2D eigenvalue weighted by molar-refractivity contribution is 7.89. The second kappa shape index (κ2) is 7.37. The van der Waals surface area contributed by atoms with Gasteiger partial charge in [-0.15, -0.1) is 0 Å². The van der Waals surface area contributed by atoms with Gasteiger partial charge in [-0.3, -0.25) is 9.48 Å². The van der Waals surface area contributed by atoms with Gasteiger partial charge in [0.15, 0.2) is 0 Å². The van der Waals surface area contributed by atoms with Crippen LogP contribution in [0.25, 0.3) is 0 Å². The van der Waals surface area contributed by atoms with Gasteiger partial charge in [-0.05, 0) is 58.4 Å². The van der Waals surface area contributed by atoms with Gasteiger partial charge < -0.3 is 5.32 Å². The third kappa shape index (κ3) is 4.46. The van der Waals surface area contributed by atoms with Crippen molar-refractivity contribution in [3.63, 3.8) is 0 Å². The van der Waals surface area contributed by atoms with Crippen molar-refractivity contribution in [2.45, 2.75) is 51.6 Å². The second-order valence-corrected chi connectivity index (χ2v) is 8.02. The zero-order valence-corrected chi connectivity index (χ0v) is 15.9. The topological polar surface area (TPSA) is 93.1 Å². The molecule has 2 aromatic rings. The van der Waals surface area contributed by atoms with E-state index < -0.39 is 16.1 Å². The minimum Gasteiger partial charge on any atom is -0.324 e. The predicted octanol–water partition coefficient (Wildman–Crippen LogP) is 2.39. The van der Waals surface area contributed by atoms with E-state index in [0.717, 1.165) is 5.69 Å². The fourth-order valence-electron chi connectivity index (χ4n) is 2.48. The van der Waals surface area contributed by atoms with E-state index >= 15 is 0 Å². The van der Waals surface area contributed by atoms with Crippen molar-refractivity contribution in [3.8, 4) is 0 Å². The molecule has 136 valence electrons. The summed E-state index contributed by atoms with van der Waals surface area (Å²) in [4.78, 5) is 12.6. The van der Waals surface area contributed by atoms with Gasteiger partial charge in [-0.2, -0.15) is 5.10 Å². The Kier molecular flexibility index (Phi) is 5.64. The number of benzene rings is 1. The van der Waals surface area contributed by atoms with E-state index in [4.69, 9.17) is 0 Å². The van der Waals surface area contributed by atoms with Crippen LogP contribution in [-0.4, -0.2) is 30.1 Å². The molecular weight excluding hydrogens is 340 g/mol. The number of hydrogen-bond acceptors (Lipinski definition) is 4. The van der Waals surface area contributed by atoms with E-state index in [1.54, 1.807) is 50.7 Å². The predicted molar refractivity (Wildman–Crippen MR) is 96.9 cm³/mol. The zero-order chi connectivity index (χ0) is 18.8. The normalized spacial score (nSPS) is 13.0. The molecule has 0 unspecified atom stereocenters. The molecule has 2 rings (SSSR count). The minimum absolute atomic E-state index is 0.155. The zero-order valence-electron chi connectivity index (χ0n) is 15.1. The number of aryl methyl sites for hydroxylation is 2. The van der Waals surface area contributed by atoms with Crippen LogP contribution in [0.1, 0.15) is 38.1 Å². The molecule has 0 bridgehead atoms. The number of anilines is 1. The molecule has 1 aromatic carbocycles. The van der Waals surface area contributed by atoms with Gasteiger partial charge in [0.05, 0.1) is 4.90 Å². The first-order chi connectivity index (χ1) is 11.6. The van der Waals surface area contributed by atoms with Crippen molar-refractivity contribution >= 4 is 21.6 Å². The maximum absolute atomic E-state index is 12.4. The van der Waals surface area contributed by atoms with E-state index in [1.165, 1.54) is 6.07 Å². The van der Waals surface area contributed by atoms with E-state index in [-0.39, 0.29) is 16.8 Å². The number of nitrogens with one attached hydrogen (secondary N) is 2. The third-order valence-corrected chi connectivity index (χ3v) is 5.55. The number of sulfonamides is 1. The summed E-state index contributed by atoms with van der Waals surface area (Å²) in [5, 5.41) is 6.89. The second-order valence-electron chi connectivity index (χ2n) is 6.34. The summed E-state index contributed by atoms with van der Waals surface area (Å²) in [6.07, 6.45) is 1.63. The quantitative estimate of drug-likeness (QED) is 0.823. The van der Waals surface area contributed by atoms with Gasteiger partial charge in [0, 0.05) is 23.6 Å². The number of carbonyl (C=O) groups excluding carboxylic acids is 1. The molecule has 7 nitrogen and oxygen atoms in total. The number of aromatic nitrogens is 2. The average molecular weight is 364 g/mol. The van der Waals surface area contributed by atoms with Gasteiger partial charge in [0.1, 0.15) is 6.04 Å². The highest BCUT2D eigenvalue weighted by Gasteiger charge is 2.21. The average Bonchev–Trinajstić information content (AvgIpc) is 2.93. The number of nitrogens with zero attached hydrogens (tertiary/aromatic N) is 2. The van der Waals surface area contributed by atoms with E-state index in [1.807, 2.05) is 13.0 Å². The highest BCUT2D eigenvalue weighted by Crippen LogP contribution is 2.21. The molecule has 1 amide bonds. The van der Waals surface area contributed by atoms with Crippen LogP contribution in [0, 0.1) is 13.8 Å². The third-order valence-electron chi connectivity index (χ3n) is 3.75. The van der Waals surface area contributed by atoms with Crippen LogP contribution < -0.4 is 10.0 Å². The summed E-state index contributed by atoms with van der Waals surface area (Å²) in [6.45, 7) is 8.84. The monoisotopic (exact) mass is 364 g/mol. The van der Waals surface area contributed by atoms with E-state index in [9.17, 15) is 13.2 Å². The summed E-state index contributed by atoms with van der Waals surface area (Å²) >= 11 is 0. The SMILES string of the molecule is Cc1ccc(NC(=O)[C@@H](C)n2nccc2C)cc1S(=O)(=O)NC(C)C. The minimum atomic E-state index is -3.64. The fraction of sp³-hybridized carbons (Fsp3) is 0.412. The number of rotatable bonds is 6. The smallest absolute Gasteiger partial charge is 0.248 e. The Morgan fingerprint density at radius 2 is 1.84 bits per heavy atom. The summed E-state index contributed by atoms with van der Waals surface area (Å²) in [6, 6.07) is 5.92. The van der Waals surface area contributed by atoms with Gasteiger partial charge in [-0.25, -0.2) is 13.1 Å². The lowest BCUT2D eigenvalue weighted by molar-refractivity contribution is -0.119. The van der Waals surface area contributed by atoms with Gasteiger partial charge in [0.25, 0.3) is 0 Å².